The molecule has 0 saturated carbocycles. The van der Waals surface area contributed by atoms with Crippen molar-refractivity contribution < 1.29 is 19.1 Å². The molecule has 1 unspecified atom stereocenters. The highest BCUT2D eigenvalue weighted by atomic mass is 32.1. The van der Waals surface area contributed by atoms with Gasteiger partial charge < -0.3 is 14.4 Å². The van der Waals surface area contributed by atoms with Crippen molar-refractivity contribution in [2.75, 3.05) is 13.2 Å². The minimum Gasteiger partial charge on any atom is -0.488 e. The van der Waals surface area contributed by atoms with Gasteiger partial charge in [0.2, 0.25) is 0 Å². The number of hydrogen-bond acceptors (Lipinski definition) is 5. The van der Waals surface area contributed by atoms with Gasteiger partial charge in [-0.15, -0.1) is 11.3 Å². The quantitative estimate of drug-likeness (QED) is 0.738. The van der Waals surface area contributed by atoms with Crippen LogP contribution in [0.2, 0.25) is 0 Å². The highest BCUT2D eigenvalue weighted by Gasteiger charge is 2.27. The number of para-hydroxylation sites is 1. The molecule has 0 spiro atoms. The van der Waals surface area contributed by atoms with Crippen LogP contribution in [-0.2, 0) is 16.1 Å². The first kappa shape index (κ1) is 18.0. The Hall–Kier alpha value is -2.34. The van der Waals surface area contributed by atoms with Crippen molar-refractivity contribution in [2.24, 2.45) is 0 Å². The summed E-state index contributed by atoms with van der Waals surface area (Å²) in [6.07, 6.45) is 4.16. The van der Waals surface area contributed by atoms with E-state index in [0.717, 1.165) is 54.0 Å². The number of benzene rings is 1. The van der Waals surface area contributed by atoms with Crippen molar-refractivity contribution in [1.29, 1.82) is 0 Å². The summed E-state index contributed by atoms with van der Waals surface area (Å²) in [4.78, 5) is 28.4. The second-order valence-corrected chi connectivity index (χ2v) is 8.02. The number of fused-ring (bicyclic) bond motifs is 3. The molecule has 1 saturated heterocycles. The Bertz CT molecular complexity index is 860. The number of amides is 1. The fourth-order valence-corrected chi connectivity index (χ4v) is 4.93. The molecule has 2 aliphatic rings. The van der Waals surface area contributed by atoms with E-state index in [-0.39, 0.29) is 18.6 Å². The first-order valence-corrected chi connectivity index (χ1v) is 10.3. The lowest BCUT2D eigenvalue weighted by atomic mass is 10.00. The van der Waals surface area contributed by atoms with Gasteiger partial charge in [0, 0.05) is 28.6 Å². The molecule has 1 aromatic heterocycles. The largest absolute Gasteiger partial charge is 0.488 e. The predicted octanol–water partition coefficient (Wildman–Crippen LogP) is 4.26. The third kappa shape index (κ3) is 3.58. The number of likely N-dealkylation sites (tertiary alicyclic amines) is 1. The van der Waals surface area contributed by atoms with Crippen LogP contribution < -0.4 is 4.74 Å². The van der Waals surface area contributed by atoms with Crippen LogP contribution in [0.25, 0.3) is 10.4 Å². The molecule has 1 amide bonds. The van der Waals surface area contributed by atoms with Crippen LogP contribution >= 0.6 is 11.3 Å². The van der Waals surface area contributed by atoms with Crippen LogP contribution in [0.4, 0.5) is 0 Å². The fraction of sp³-hybridized carbons (Fsp3) is 0.429. The van der Waals surface area contributed by atoms with Gasteiger partial charge in [0.1, 0.15) is 17.2 Å². The zero-order valence-electron chi connectivity index (χ0n) is 15.4. The molecule has 0 bridgehead atoms. The average molecular weight is 385 g/mol. The average Bonchev–Trinajstić information content (AvgIpc) is 3.16. The minimum absolute atomic E-state index is 0.0927. The Labute approximate surface area is 162 Å². The first-order chi connectivity index (χ1) is 13.2. The summed E-state index contributed by atoms with van der Waals surface area (Å²) in [7, 11) is 0. The number of ether oxygens (including phenoxy) is 2. The number of rotatable bonds is 4. The van der Waals surface area contributed by atoms with Gasteiger partial charge in [-0.25, -0.2) is 4.79 Å². The summed E-state index contributed by atoms with van der Waals surface area (Å²) >= 11 is 1.40. The van der Waals surface area contributed by atoms with E-state index >= 15 is 0 Å². The lowest BCUT2D eigenvalue weighted by Crippen LogP contribution is -2.45. The number of carbonyl (C=O) groups excluding carboxylic acids is 2. The molecule has 0 radical (unpaired) electrons. The summed E-state index contributed by atoms with van der Waals surface area (Å²) in [6, 6.07) is 9.89. The van der Waals surface area contributed by atoms with Crippen molar-refractivity contribution in [1.82, 2.24) is 4.90 Å². The molecular formula is C21H23NO4S. The van der Waals surface area contributed by atoms with E-state index in [0.29, 0.717) is 11.5 Å². The van der Waals surface area contributed by atoms with E-state index < -0.39 is 5.97 Å². The third-order valence-corrected chi connectivity index (χ3v) is 6.46. The van der Waals surface area contributed by atoms with E-state index in [1.165, 1.54) is 11.3 Å². The Morgan fingerprint density at radius 2 is 2.15 bits per heavy atom. The van der Waals surface area contributed by atoms with Crippen molar-refractivity contribution >= 4 is 23.2 Å². The zero-order valence-corrected chi connectivity index (χ0v) is 16.2. The third-order valence-electron chi connectivity index (χ3n) is 5.27. The monoisotopic (exact) mass is 385 g/mol. The maximum absolute atomic E-state index is 12.5. The van der Waals surface area contributed by atoms with Crippen LogP contribution in [0.1, 0.15) is 47.8 Å². The SMILES string of the molecule is CCC1CCCCN1C(=O)COC(=O)c1cc2c(s1)-c1ccccc1OC2. The number of esters is 1. The number of piperidine rings is 1. The molecule has 142 valence electrons. The molecule has 5 nitrogen and oxygen atoms in total. The van der Waals surface area contributed by atoms with Crippen LogP contribution in [-0.4, -0.2) is 36.0 Å². The second kappa shape index (κ2) is 7.72. The minimum atomic E-state index is -0.440. The van der Waals surface area contributed by atoms with Crippen LogP contribution in [0.15, 0.2) is 30.3 Å². The van der Waals surface area contributed by atoms with Crippen molar-refractivity contribution in [2.45, 2.75) is 45.3 Å². The smallest absolute Gasteiger partial charge is 0.348 e. The molecule has 4 rings (SSSR count). The van der Waals surface area contributed by atoms with Gasteiger partial charge in [0.15, 0.2) is 6.61 Å². The summed E-state index contributed by atoms with van der Waals surface area (Å²) < 4.78 is 11.1. The van der Waals surface area contributed by atoms with Gasteiger partial charge in [-0.2, -0.15) is 0 Å². The molecule has 27 heavy (non-hydrogen) atoms. The van der Waals surface area contributed by atoms with E-state index in [1.807, 2.05) is 35.2 Å². The van der Waals surface area contributed by atoms with Gasteiger partial charge in [-0.1, -0.05) is 19.1 Å². The van der Waals surface area contributed by atoms with Gasteiger partial charge in [-0.05, 0) is 43.9 Å². The zero-order chi connectivity index (χ0) is 18.8. The summed E-state index contributed by atoms with van der Waals surface area (Å²) in [5, 5.41) is 0. The van der Waals surface area contributed by atoms with E-state index in [2.05, 4.69) is 6.92 Å². The van der Waals surface area contributed by atoms with Crippen LogP contribution in [0.5, 0.6) is 5.75 Å². The summed E-state index contributed by atoms with van der Waals surface area (Å²) in [5.41, 5.74) is 1.98. The number of nitrogens with zero attached hydrogens (tertiary/aromatic N) is 1. The Morgan fingerprint density at radius 1 is 1.30 bits per heavy atom. The molecule has 2 aliphatic heterocycles. The second-order valence-electron chi connectivity index (χ2n) is 6.97. The normalized spacial score (nSPS) is 18.3. The molecule has 1 aromatic carbocycles. The lowest BCUT2D eigenvalue weighted by molar-refractivity contribution is -0.138. The highest BCUT2D eigenvalue weighted by Crippen LogP contribution is 2.42. The van der Waals surface area contributed by atoms with E-state index in [4.69, 9.17) is 9.47 Å². The molecule has 1 atom stereocenters. The number of hydrogen-bond donors (Lipinski definition) is 0. The van der Waals surface area contributed by atoms with Crippen molar-refractivity contribution in [3.8, 4) is 16.2 Å². The molecular weight excluding hydrogens is 362 g/mol. The molecule has 6 heteroatoms. The van der Waals surface area contributed by atoms with Crippen molar-refractivity contribution in [3.05, 3.63) is 40.8 Å². The highest BCUT2D eigenvalue weighted by molar-refractivity contribution is 7.17. The number of thiophene rings is 1. The summed E-state index contributed by atoms with van der Waals surface area (Å²) in [6.45, 7) is 3.11. The fourth-order valence-electron chi connectivity index (χ4n) is 3.83. The van der Waals surface area contributed by atoms with Crippen LogP contribution in [0.3, 0.4) is 0 Å². The summed E-state index contributed by atoms with van der Waals surface area (Å²) in [5.74, 6) is 0.299. The topological polar surface area (TPSA) is 55.8 Å². The van der Waals surface area contributed by atoms with Crippen molar-refractivity contribution in [3.63, 3.8) is 0 Å². The Kier molecular flexibility index (Phi) is 5.16. The Balaban J connectivity index is 1.43. The molecule has 2 aromatic rings. The standard InChI is InChI=1S/C21H23NO4S/c1-2-15-7-5-6-10-22(15)19(23)13-26-21(24)18-11-14-12-25-17-9-4-3-8-16(17)20(14)27-18/h3-4,8-9,11,15H,2,5-7,10,12-13H2,1H3. The van der Waals surface area contributed by atoms with Gasteiger partial charge in [-0.3, -0.25) is 4.79 Å². The van der Waals surface area contributed by atoms with E-state index in [9.17, 15) is 9.59 Å². The van der Waals surface area contributed by atoms with Crippen LogP contribution in [0, 0.1) is 0 Å². The van der Waals surface area contributed by atoms with Gasteiger partial charge in [0.05, 0.1) is 0 Å². The first-order valence-electron chi connectivity index (χ1n) is 9.49. The lowest BCUT2D eigenvalue weighted by Gasteiger charge is -2.35. The van der Waals surface area contributed by atoms with E-state index in [1.54, 1.807) is 0 Å². The van der Waals surface area contributed by atoms with Gasteiger partial charge >= 0.3 is 5.97 Å². The molecule has 0 N–H and O–H groups in total. The molecule has 1 fully saturated rings. The molecule has 0 aliphatic carbocycles. The molecule has 3 heterocycles. The predicted molar refractivity (Wildman–Crippen MR) is 104 cm³/mol. The Morgan fingerprint density at radius 3 is 3.00 bits per heavy atom. The maximum atomic E-state index is 12.5. The maximum Gasteiger partial charge on any atom is 0.348 e. The van der Waals surface area contributed by atoms with Gasteiger partial charge in [0.25, 0.3) is 5.91 Å². The number of carbonyl (C=O) groups is 2.